The van der Waals surface area contributed by atoms with E-state index in [1.54, 1.807) is 12.1 Å². The predicted molar refractivity (Wildman–Crippen MR) is 119 cm³/mol. The van der Waals surface area contributed by atoms with Crippen molar-refractivity contribution in [3.8, 4) is 0 Å². The maximum atomic E-state index is 13.3. The number of anilines is 2. The molecule has 6 nitrogen and oxygen atoms in total. The van der Waals surface area contributed by atoms with Crippen LogP contribution < -0.4 is 9.62 Å². The van der Waals surface area contributed by atoms with E-state index in [4.69, 9.17) is 0 Å². The second-order valence-electron chi connectivity index (χ2n) is 7.07. The lowest BCUT2D eigenvalue weighted by atomic mass is 10.2. The molecule has 5 rings (SSSR count). The van der Waals surface area contributed by atoms with Crippen molar-refractivity contribution in [1.29, 1.82) is 0 Å². The first-order valence-electron chi connectivity index (χ1n) is 9.50. The zero-order valence-electron chi connectivity index (χ0n) is 16.1. The highest BCUT2D eigenvalue weighted by molar-refractivity contribution is 7.92. The summed E-state index contributed by atoms with van der Waals surface area (Å²) in [6.07, 6.45) is 0.669. The predicted octanol–water partition coefficient (Wildman–Crippen LogP) is 4.44. The summed E-state index contributed by atoms with van der Waals surface area (Å²) in [5.74, 6) is -0.790. The third kappa shape index (κ3) is 3.55. The molecule has 0 unspecified atom stereocenters. The Bertz CT molecular complexity index is 1420. The monoisotopic (exact) mass is 453 g/mol. The van der Waals surface area contributed by atoms with Crippen molar-refractivity contribution in [3.05, 3.63) is 83.7 Å². The lowest BCUT2D eigenvalue weighted by molar-refractivity contribution is 0.102. The number of fused-ring (bicyclic) bond motifs is 2. The first kappa shape index (κ1) is 19.7. The van der Waals surface area contributed by atoms with Gasteiger partial charge in [-0.25, -0.2) is 17.8 Å². The van der Waals surface area contributed by atoms with Crippen molar-refractivity contribution in [1.82, 2.24) is 4.98 Å². The SMILES string of the molecule is O=C(Nc1nc2ccc(F)cc2s1)c1ccc(S(=O)(=O)N2CCc3ccccc32)cc1. The number of thiazole rings is 1. The number of carbonyl (C=O) groups excluding carboxylic acids is 1. The van der Waals surface area contributed by atoms with Gasteiger partial charge in [0, 0.05) is 12.1 Å². The summed E-state index contributed by atoms with van der Waals surface area (Å²) in [4.78, 5) is 16.9. The van der Waals surface area contributed by atoms with E-state index in [2.05, 4.69) is 10.3 Å². The lowest BCUT2D eigenvalue weighted by Gasteiger charge is -2.19. The Morgan fingerprint density at radius 3 is 2.65 bits per heavy atom. The van der Waals surface area contributed by atoms with Crippen molar-refractivity contribution in [2.75, 3.05) is 16.2 Å². The van der Waals surface area contributed by atoms with Gasteiger partial charge in [0.25, 0.3) is 15.9 Å². The van der Waals surface area contributed by atoms with Crippen LogP contribution in [0.5, 0.6) is 0 Å². The van der Waals surface area contributed by atoms with E-state index < -0.39 is 15.9 Å². The number of hydrogen-bond acceptors (Lipinski definition) is 5. The number of halogens is 1. The van der Waals surface area contributed by atoms with Crippen LogP contribution in [0.3, 0.4) is 0 Å². The van der Waals surface area contributed by atoms with E-state index in [0.29, 0.717) is 39.6 Å². The molecule has 3 aromatic carbocycles. The minimum absolute atomic E-state index is 0.121. The summed E-state index contributed by atoms with van der Waals surface area (Å²) in [7, 11) is -3.72. The molecule has 0 bridgehead atoms. The van der Waals surface area contributed by atoms with E-state index in [9.17, 15) is 17.6 Å². The number of para-hydroxylation sites is 1. The third-order valence-electron chi connectivity index (χ3n) is 5.12. The van der Waals surface area contributed by atoms with Gasteiger partial charge in [-0.05, 0) is 60.5 Å². The normalized spacial score (nSPS) is 13.4. The zero-order chi connectivity index (χ0) is 21.6. The van der Waals surface area contributed by atoms with E-state index in [-0.39, 0.29) is 10.7 Å². The van der Waals surface area contributed by atoms with Gasteiger partial charge in [-0.2, -0.15) is 0 Å². The van der Waals surface area contributed by atoms with Crippen molar-refractivity contribution >= 4 is 48.3 Å². The largest absolute Gasteiger partial charge is 0.298 e. The number of aromatic nitrogens is 1. The fourth-order valence-electron chi connectivity index (χ4n) is 3.58. The lowest BCUT2D eigenvalue weighted by Crippen LogP contribution is -2.29. The Morgan fingerprint density at radius 2 is 1.84 bits per heavy atom. The molecule has 0 saturated heterocycles. The topological polar surface area (TPSA) is 79.4 Å². The number of hydrogen-bond donors (Lipinski definition) is 1. The number of sulfonamides is 1. The summed E-state index contributed by atoms with van der Waals surface area (Å²) < 4.78 is 41.5. The molecule has 1 aliphatic rings. The van der Waals surface area contributed by atoms with Gasteiger partial charge in [0.15, 0.2) is 5.13 Å². The van der Waals surface area contributed by atoms with Crippen LogP contribution >= 0.6 is 11.3 Å². The molecule has 0 aliphatic carbocycles. The zero-order valence-corrected chi connectivity index (χ0v) is 17.7. The molecule has 0 fully saturated rings. The summed E-state index contributed by atoms with van der Waals surface area (Å²) in [6, 6.07) is 17.4. The van der Waals surface area contributed by atoms with Gasteiger partial charge in [0.05, 0.1) is 20.8 Å². The van der Waals surface area contributed by atoms with E-state index in [1.165, 1.54) is 52.0 Å². The van der Waals surface area contributed by atoms with E-state index >= 15 is 0 Å². The van der Waals surface area contributed by atoms with Gasteiger partial charge in [-0.3, -0.25) is 14.4 Å². The number of benzene rings is 3. The molecule has 1 aliphatic heterocycles. The molecular weight excluding hydrogens is 437 g/mol. The molecule has 9 heteroatoms. The molecule has 156 valence electrons. The molecule has 0 spiro atoms. The van der Waals surface area contributed by atoms with E-state index in [0.717, 1.165) is 5.56 Å². The smallest absolute Gasteiger partial charge is 0.264 e. The number of amides is 1. The molecule has 1 aromatic heterocycles. The van der Waals surface area contributed by atoms with Crippen molar-refractivity contribution < 1.29 is 17.6 Å². The van der Waals surface area contributed by atoms with Crippen molar-refractivity contribution in [3.63, 3.8) is 0 Å². The maximum absolute atomic E-state index is 13.3. The average Bonchev–Trinajstić information content (AvgIpc) is 3.37. The quantitative estimate of drug-likeness (QED) is 0.496. The Labute approximate surface area is 182 Å². The van der Waals surface area contributed by atoms with Crippen molar-refractivity contribution in [2.45, 2.75) is 11.3 Å². The van der Waals surface area contributed by atoms with Gasteiger partial charge in [0.1, 0.15) is 5.82 Å². The minimum atomic E-state index is -3.72. The standard InChI is InChI=1S/C22H16FN3O3S2/c23-16-7-10-18-20(13-16)30-22(24-18)25-21(27)15-5-8-17(9-6-15)31(28,29)26-12-11-14-3-1-2-4-19(14)26/h1-10,13H,11-12H2,(H,24,25,27). The van der Waals surface area contributed by atoms with Gasteiger partial charge >= 0.3 is 0 Å². The van der Waals surface area contributed by atoms with Gasteiger partial charge in [-0.1, -0.05) is 29.5 Å². The summed E-state index contributed by atoms with van der Waals surface area (Å²) in [5.41, 5.74) is 2.58. The molecule has 0 saturated carbocycles. The second-order valence-corrected chi connectivity index (χ2v) is 9.96. The van der Waals surface area contributed by atoms with Crippen LogP contribution in [0.2, 0.25) is 0 Å². The highest BCUT2D eigenvalue weighted by Crippen LogP contribution is 2.33. The number of carbonyl (C=O) groups is 1. The molecular formula is C22H16FN3O3S2. The van der Waals surface area contributed by atoms with Gasteiger partial charge in [-0.15, -0.1) is 0 Å². The van der Waals surface area contributed by atoms with Crippen LogP contribution in [0, 0.1) is 5.82 Å². The number of rotatable bonds is 4. The van der Waals surface area contributed by atoms with Gasteiger partial charge < -0.3 is 0 Å². The Kier molecular flexibility index (Phi) is 4.71. The minimum Gasteiger partial charge on any atom is -0.298 e. The average molecular weight is 454 g/mol. The molecule has 1 N–H and O–H groups in total. The van der Waals surface area contributed by atoms with Crippen LogP contribution in [0.25, 0.3) is 10.2 Å². The molecule has 4 aromatic rings. The number of nitrogens with zero attached hydrogens (tertiary/aromatic N) is 2. The summed E-state index contributed by atoms with van der Waals surface area (Å²) in [6.45, 7) is 0.391. The molecule has 1 amide bonds. The molecule has 0 radical (unpaired) electrons. The second kappa shape index (κ2) is 7.44. The van der Waals surface area contributed by atoms with Crippen molar-refractivity contribution in [2.24, 2.45) is 0 Å². The highest BCUT2D eigenvalue weighted by atomic mass is 32.2. The third-order valence-corrected chi connectivity index (χ3v) is 7.88. The number of nitrogens with one attached hydrogen (secondary N) is 1. The maximum Gasteiger partial charge on any atom is 0.264 e. The Balaban J connectivity index is 1.36. The fraction of sp³-hybridized carbons (Fsp3) is 0.0909. The Morgan fingerprint density at radius 1 is 1.06 bits per heavy atom. The van der Waals surface area contributed by atoms with Crippen LogP contribution in [-0.2, 0) is 16.4 Å². The Hall–Kier alpha value is -3.30. The van der Waals surface area contributed by atoms with Crippen LogP contribution in [0.4, 0.5) is 15.2 Å². The van der Waals surface area contributed by atoms with E-state index in [1.807, 2.05) is 18.2 Å². The van der Waals surface area contributed by atoms with Crippen LogP contribution in [0.1, 0.15) is 15.9 Å². The summed E-state index contributed by atoms with van der Waals surface area (Å²) >= 11 is 1.17. The molecule has 2 heterocycles. The summed E-state index contributed by atoms with van der Waals surface area (Å²) in [5, 5.41) is 3.02. The van der Waals surface area contributed by atoms with Crippen LogP contribution in [-0.4, -0.2) is 25.9 Å². The van der Waals surface area contributed by atoms with Gasteiger partial charge in [0.2, 0.25) is 0 Å². The van der Waals surface area contributed by atoms with Crippen LogP contribution in [0.15, 0.2) is 71.6 Å². The first-order valence-corrected chi connectivity index (χ1v) is 11.8. The molecule has 0 atom stereocenters. The first-order chi connectivity index (χ1) is 14.9. The fourth-order valence-corrected chi connectivity index (χ4v) is 5.97. The highest BCUT2D eigenvalue weighted by Gasteiger charge is 2.30. The molecule has 31 heavy (non-hydrogen) atoms.